The molecule has 2 atom stereocenters. The molecule has 4 heteroatoms. The van der Waals surface area contributed by atoms with E-state index in [9.17, 15) is 9.90 Å². The number of aliphatic hydroxyl groups is 1. The van der Waals surface area contributed by atoms with Gasteiger partial charge in [0.2, 0.25) is 5.91 Å². The van der Waals surface area contributed by atoms with Crippen LogP contribution in [0.4, 0.5) is 0 Å². The van der Waals surface area contributed by atoms with E-state index in [1.807, 2.05) is 13.0 Å². The lowest BCUT2D eigenvalue weighted by molar-refractivity contribution is -0.118. The molecule has 0 heterocycles. The number of rotatable bonds is 8. The van der Waals surface area contributed by atoms with Crippen LogP contribution < -0.4 is 5.32 Å². The SMILES string of the molecule is Cc1cccc(CSCC(=O)NCC(C)CC(C)O)c1. The third kappa shape index (κ3) is 7.56. The summed E-state index contributed by atoms with van der Waals surface area (Å²) in [6, 6.07) is 8.35. The van der Waals surface area contributed by atoms with Gasteiger partial charge in [0, 0.05) is 12.3 Å². The quantitative estimate of drug-likeness (QED) is 0.775. The highest BCUT2D eigenvalue weighted by Crippen LogP contribution is 2.13. The van der Waals surface area contributed by atoms with Gasteiger partial charge in [-0.2, -0.15) is 0 Å². The molecule has 1 aromatic carbocycles. The van der Waals surface area contributed by atoms with E-state index in [4.69, 9.17) is 0 Å². The first-order valence-electron chi connectivity index (χ1n) is 7.05. The molecule has 0 aliphatic rings. The fraction of sp³-hybridized carbons (Fsp3) is 0.562. The molecular weight excluding hydrogens is 270 g/mol. The van der Waals surface area contributed by atoms with Gasteiger partial charge in [0.1, 0.15) is 0 Å². The molecular formula is C16H25NO2S. The lowest BCUT2D eigenvalue weighted by Crippen LogP contribution is -2.30. The number of thioether (sulfide) groups is 1. The largest absolute Gasteiger partial charge is 0.393 e. The number of hydrogen-bond acceptors (Lipinski definition) is 3. The van der Waals surface area contributed by atoms with E-state index in [2.05, 4.69) is 30.4 Å². The zero-order valence-electron chi connectivity index (χ0n) is 12.6. The summed E-state index contributed by atoms with van der Waals surface area (Å²) in [5.41, 5.74) is 2.50. The van der Waals surface area contributed by atoms with Crippen LogP contribution in [0.2, 0.25) is 0 Å². The monoisotopic (exact) mass is 295 g/mol. The van der Waals surface area contributed by atoms with Crippen LogP contribution in [0.1, 0.15) is 31.4 Å². The van der Waals surface area contributed by atoms with Crippen molar-refractivity contribution in [1.29, 1.82) is 0 Å². The average molecular weight is 295 g/mol. The van der Waals surface area contributed by atoms with E-state index >= 15 is 0 Å². The number of amides is 1. The first kappa shape index (κ1) is 17.1. The van der Waals surface area contributed by atoms with E-state index in [0.717, 1.165) is 12.2 Å². The summed E-state index contributed by atoms with van der Waals surface area (Å²) in [7, 11) is 0. The molecule has 0 spiro atoms. The van der Waals surface area contributed by atoms with Crippen LogP contribution in [0.3, 0.4) is 0 Å². The van der Waals surface area contributed by atoms with Crippen LogP contribution in [-0.2, 0) is 10.5 Å². The topological polar surface area (TPSA) is 49.3 Å². The van der Waals surface area contributed by atoms with E-state index in [1.165, 1.54) is 11.1 Å². The Bertz CT molecular complexity index is 421. The number of hydrogen-bond donors (Lipinski definition) is 2. The molecule has 1 amide bonds. The van der Waals surface area contributed by atoms with Crippen molar-refractivity contribution < 1.29 is 9.90 Å². The average Bonchev–Trinajstić information content (AvgIpc) is 2.36. The Hall–Kier alpha value is -1.00. The number of carbonyl (C=O) groups excluding carboxylic acids is 1. The summed E-state index contributed by atoms with van der Waals surface area (Å²) in [5, 5.41) is 12.2. The van der Waals surface area contributed by atoms with Crippen molar-refractivity contribution >= 4 is 17.7 Å². The molecule has 3 nitrogen and oxygen atoms in total. The summed E-state index contributed by atoms with van der Waals surface area (Å²) in [4.78, 5) is 11.7. The van der Waals surface area contributed by atoms with Crippen LogP contribution in [0.25, 0.3) is 0 Å². The zero-order chi connectivity index (χ0) is 15.0. The van der Waals surface area contributed by atoms with Gasteiger partial charge in [0.15, 0.2) is 0 Å². The van der Waals surface area contributed by atoms with Crippen molar-refractivity contribution in [2.45, 2.75) is 39.0 Å². The molecule has 0 saturated carbocycles. The summed E-state index contributed by atoms with van der Waals surface area (Å²) in [5.74, 6) is 1.72. The van der Waals surface area contributed by atoms with Crippen molar-refractivity contribution in [3.05, 3.63) is 35.4 Å². The van der Waals surface area contributed by atoms with Crippen LogP contribution >= 0.6 is 11.8 Å². The van der Waals surface area contributed by atoms with E-state index < -0.39 is 0 Å². The van der Waals surface area contributed by atoms with Gasteiger partial charge in [-0.25, -0.2) is 0 Å². The molecule has 1 rings (SSSR count). The normalized spacial score (nSPS) is 13.8. The van der Waals surface area contributed by atoms with Crippen LogP contribution in [0.5, 0.6) is 0 Å². The third-order valence-electron chi connectivity index (χ3n) is 2.98. The summed E-state index contributed by atoms with van der Waals surface area (Å²) in [6.07, 6.45) is 0.411. The molecule has 0 aliphatic carbocycles. The highest BCUT2D eigenvalue weighted by Gasteiger charge is 2.08. The van der Waals surface area contributed by atoms with Gasteiger partial charge < -0.3 is 10.4 Å². The molecule has 0 saturated heterocycles. The van der Waals surface area contributed by atoms with E-state index in [0.29, 0.717) is 18.2 Å². The lowest BCUT2D eigenvalue weighted by atomic mass is 10.1. The molecule has 0 bridgehead atoms. The van der Waals surface area contributed by atoms with Gasteiger partial charge in [0.05, 0.1) is 11.9 Å². The minimum Gasteiger partial charge on any atom is -0.393 e. The standard InChI is InChI=1S/C16H25NO2S/c1-12-5-4-6-15(8-12)10-20-11-16(19)17-9-13(2)7-14(3)18/h4-6,8,13-14,18H,7,9-11H2,1-3H3,(H,17,19). The first-order chi connectivity index (χ1) is 9.47. The third-order valence-corrected chi connectivity index (χ3v) is 3.98. The fourth-order valence-corrected chi connectivity index (χ4v) is 2.87. The maximum absolute atomic E-state index is 11.7. The highest BCUT2D eigenvalue weighted by molar-refractivity contribution is 7.99. The first-order valence-corrected chi connectivity index (χ1v) is 8.21. The number of benzene rings is 1. The van der Waals surface area contributed by atoms with Gasteiger partial charge in [-0.05, 0) is 31.7 Å². The highest BCUT2D eigenvalue weighted by atomic mass is 32.2. The molecule has 2 N–H and O–H groups in total. The summed E-state index contributed by atoms with van der Waals surface area (Å²) < 4.78 is 0. The van der Waals surface area contributed by atoms with Crippen LogP contribution in [0, 0.1) is 12.8 Å². The molecule has 0 radical (unpaired) electrons. The molecule has 1 aromatic rings. The second kappa shape index (κ2) is 9.03. The van der Waals surface area contributed by atoms with Crippen LogP contribution in [0.15, 0.2) is 24.3 Å². The number of aliphatic hydroxyl groups excluding tert-OH is 1. The summed E-state index contributed by atoms with van der Waals surface area (Å²) >= 11 is 1.63. The van der Waals surface area contributed by atoms with Gasteiger partial charge in [-0.15, -0.1) is 11.8 Å². The number of nitrogens with one attached hydrogen (secondary N) is 1. The predicted octanol–water partition coefficient (Wildman–Crippen LogP) is 2.75. The Labute approximate surface area is 126 Å². The smallest absolute Gasteiger partial charge is 0.230 e. The van der Waals surface area contributed by atoms with Gasteiger partial charge in [0.25, 0.3) is 0 Å². The van der Waals surface area contributed by atoms with E-state index in [-0.39, 0.29) is 12.0 Å². The van der Waals surface area contributed by atoms with E-state index in [1.54, 1.807) is 18.7 Å². The molecule has 20 heavy (non-hydrogen) atoms. The second-order valence-electron chi connectivity index (χ2n) is 5.48. The predicted molar refractivity (Wildman–Crippen MR) is 85.8 cm³/mol. The molecule has 0 aromatic heterocycles. The molecule has 2 unspecified atom stereocenters. The Morgan fingerprint density at radius 3 is 2.80 bits per heavy atom. The van der Waals surface area contributed by atoms with Crippen molar-refractivity contribution in [2.24, 2.45) is 5.92 Å². The Morgan fingerprint density at radius 1 is 1.40 bits per heavy atom. The maximum atomic E-state index is 11.7. The Morgan fingerprint density at radius 2 is 2.15 bits per heavy atom. The van der Waals surface area contributed by atoms with Gasteiger partial charge in [-0.1, -0.05) is 36.8 Å². The second-order valence-corrected chi connectivity index (χ2v) is 6.46. The van der Waals surface area contributed by atoms with Gasteiger partial charge in [-0.3, -0.25) is 4.79 Å². The minimum absolute atomic E-state index is 0.0695. The minimum atomic E-state index is -0.308. The maximum Gasteiger partial charge on any atom is 0.230 e. The van der Waals surface area contributed by atoms with Crippen LogP contribution in [-0.4, -0.2) is 29.4 Å². The van der Waals surface area contributed by atoms with Crippen molar-refractivity contribution in [3.63, 3.8) is 0 Å². The number of aryl methyl sites for hydroxylation is 1. The molecule has 112 valence electrons. The van der Waals surface area contributed by atoms with Crippen molar-refractivity contribution in [2.75, 3.05) is 12.3 Å². The Balaban J connectivity index is 2.17. The zero-order valence-corrected chi connectivity index (χ0v) is 13.4. The molecule has 0 fully saturated rings. The summed E-state index contributed by atoms with van der Waals surface area (Å²) in [6.45, 7) is 6.52. The van der Waals surface area contributed by atoms with Crippen molar-refractivity contribution in [3.8, 4) is 0 Å². The lowest BCUT2D eigenvalue weighted by Gasteiger charge is -2.14. The fourth-order valence-electron chi connectivity index (χ4n) is 2.07. The number of carbonyl (C=O) groups is 1. The van der Waals surface area contributed by atoms with Crippen molar-refractivity contribution in [1.82, 2.24) is 5.32 Å². The Kier molecular flexibility index (Phi) is 7.70. The molecule has 0 aliphatic heterocycles. The van der Waals surface area contributed by atoms with Gasteiger partial charge >= 0.3 is 0 Å².